The van der Waals surface area contributed by atoms with E-state index < -0.39 is 33.6 Å². The molecule has 1 saturated heterocycles. The number of carbonyl (C=O) groups is 2. The third-order valence-electron chi connectivity index (χ3n) is 4.58. The second-order valence-corrected chi connectivity index (χ2v) is 9.83. The normalized spacial score (nSPS) is 19.7. The number of halogens is 1. The van der Waals surface area contributed by atoms with Gasteiger partial charge in [0.05, 0.1) is 11.5 Å². The van der Waals surface area contributed by atoms with Gasteiger partial charge in [-0.2, -0.15) is 0 Å². The Morgan fingerprint density at radius 2 is 2.11 bits per heavy atom. The number of likely N-dealkylation sites (N-methyl/N-ethyl adjacent to an activating group) is 1. The van der Waals surface area contributed by atoms with Crippen molar-refractivity contribution >= 4 is 43.1 Å². The third-order valence-corrected chi connectivity index (χ3v) is 7.43. The predicted octanol–water partition coefficient (Wildman–Crippen LogP) is 2.62. The summed E-state index contributed by atoms with van der Waals surface area (Å²) in [7, 11) is -3.12. The molecule has 0 radical (unpaired) electrons. The Morgan fingerprint density at radius 3 is 2.74 bits per heavy atom. The quantitative estimate of drug-likeness (QED) is 0.704. The molecule has 0 spiro atoms. The summed E-state index contributed by atoms with van der Waals surface area (Å²) in [5.74, 6) is -1.47. The zero-order valence-corrected chi connectivity index (χ0v) is 16.6. The van der Waals surface area contributed by atoms with Gasteiger partial charge in [0.15, 0.2) is 15.9 Å². The predicted molar refractivity (Wildman–Crippen MR) is 101 cm³/mol. The van der Waals surface area contributed by atoms with Crippen molar-refractivity contribution in [1.82, 2.24) is 4.90 Å². The number of nitrogens with zero attached hydrogens (tertiary/aromatic N) is 1. The van der Waals surface area contributed by atoms with Crippen molar-refractivity contribution in [3.8, 4) is 0 Å². The second kappa shape index (κ2) is 7.55. The maximum atomic E-state index is 13.3. The van der Waals surface area contributed by atoms with Gasteiger partial charge in [-0.05, 0) is 49.9 Å². The minimum absolute atomic E-state index is 0.0604. The van der Waals surface area contributed by atoms with Gasteiger partial charge in [0, 0.05) is 17.3 Å². The standard InChI is InChI=1S/C18H20FNO5S2/c1-3-20(14-6-7-27(23,24)10-14)17(21)11(2)25-18(22)16-9-12-8-13(19)4-5-15(12)26-16/h4-5,8-9,11,14H,3,6-7,10H2,1-2H3/t11-,14-/m0/s1. The molecule has 0 unspecified atom stereocenters. The molecule has 1 aliphatic rings. The first-order valence-electron chi connectivity index (χ1n) is 8.61. The summed E-state index contributed by atoms with van der Waals surface area (Å²) in [6.45, 7) is 3.57. The molecule has 9 heteroatoms. The summed E-state index contributed by atoms with van der Waals surface area (Å²) in [4.78, 5) is 26.8. The van der Waals surface area contributed by atoms with E-state index in [1.165, 1.54) is 30.0 Å². The molecular formula is C18H20FNO5S2. The zero-order valence-electron chi connectivity index (χ0n) is 15.0. The van der Waals surface area contributed by atoms with Crippen LogP contribution < -0.4 is 0 Å². The number of sulfone groups is 1. The number of fused-ring (bicyclic) bond motifs is 1. The molecule has 1 amide bonds. The molecule has 146 valence electrons. The van der Waals surface area contributed by atoms with E-state index >= 15 is 0 Å². The highest BCUT2D eigenvalue weighted by atomic mass is 32.2. The van der Waals surface area contributed by atoms with Crippen molar-refractivity contribution in [2.45, 2.75) is 32.4 Å². The lowest BCUT2D eigenvalue weighted by Gasteiger charge is -2.29. The summed E-state index contributed by atoms with van der Waals surface area (Å²) in [6, 6.07) is 5.37. The topological polar surface area (TPSA) is 80.8 Å². The fraction of sp³-hybridized carbons (Fsp3) is 0.444. The van der Waals surface area contributed by atoms with Crippen LogP contribution in [-0.4, -0.2) is 55.4 Å². The molecule has 27 heavy (non-hydrogen) atoms. The Morgan fingerprint density at radius 1 is 1.37 bits per heavy atom. The molecule has 6 nitrogen and oxygen atoms in total. The molecule has 1 aromatic heterocycles. The molecule has 0 bridgehead atoms. The highest BCUT2D eigenvalue weighted by Crippen LogP contribution is 2.27. The minimum atomic E-state index is -3.12. The van der Waals surface area contributed by atoms with Gasteiger partial charge in [-0.25, -0.2) is 17.6 Å². The van der Waals surface area contributed by atoms with Gasteiger partial charge in [-0.15, -0.1) is 11.3 Å². The van der Waals surface area contributed by atoms with E-state index in [2.05, 4.69) is 0 Å². The van der Waals surface area contributed by atoms with E-state index in [0.29, 0.717) is 18.4 Å². The van der Waals surface area contributed by atoms with Gasteiger partial charge in [-0.3, -0.25) is 4.79 Å². The van der Waals surface area contributed by atoms with Crippen LogP contribution in [-0.2, 0) is 19.4 Å². The fourth-order valence-corrected chi connectivity index (χ4v) is 5.89. The maximum Gasteiger partial charge on any atom is 0.349 e. The first-order chi connectivity index (χ1) is 12.7. The summed E-state index contributed by atoms with van der Waals surface area (Å²) >= 11 is 1.16. The number of esters is 1. The summed E-state index contributed by atoms with van der Waals surface area (Å²) in [5, 5.41) is 0.595. The Bertz CT molecular complexity index is 985. The van der Waals surface area contributed by atoms with Crippen molar-refractivity contribution in [3.05, 3.63) is 35.0 Å². The van der Waals surface area contributed by atoms with Gasteiger partial charge < -0.3 is 9.64 Å². The molecule has 0 aliphatic carbocycles. The number of rotatable bonds is 5. The molecule has 2 aromatic rings. The maximum absolute atomic E-state index is 13.3. The Labute approximate surface area is 160 Å². The lowest BCUT2D eigenvalue weighted by Crippen LogP contribution is -2.46. The number of benzene rings is 1. The molecule has 2 atom stereocenters. The Hall–Kier alpha value is -2.00. The van der Waals surface area contributed by atoms with Crippen LogP contribution in [0, 0.1) is 5.82 Å². The van der Waals surface area contributed by atoms with E-state index in [9.17, 15) is 22.4 Å². The average molecular weight is 413 g/mol. The Balaban J connectivity index is 1.69. The lowest BCUT2D eigenvalue weighted by atomic mass is 10.2. The monoisotopic (exact) mass is 413 g/mol. The molecule has 0 saturated carbocycles. The van der Waals surface area contributed by atoms with Gasteiger partial charge in [0.2, 0.25) is 0 Å². The van der Waals surface area contributed by atoms with Crippen LogP contribution in [0.1, 0.15) is 29.9 Å². The van der Waals surface area contributed by atoms with Gasteiger partial charge in [-0.1, -0.05) is 0 Å². The van der Waals surface area contributed by atoms with E-state index in [0.717, 1.165) is 16.0 Å². The summed E-state index contributed by atoms with van der Waals surface area (Å²) < 4.78 is 42.7. The first kappa shape index (κ1) is 19.8. The van der Waals surface area contributed by atoms with Gasteiger partial charge >= 0.3 is 5.97 Å². The number of hydrogen-bond donors (Lipinski definition) is 0. The van der Waals surface area contributed by atoms with E-state index in [-0.39, 0.29) is 22.4 Å². The van der Waals surface area contributed by atoms with Crippen molar-refractivity contribution in [2.75, 3.05) is 18.1 Å². The van der Waals surface area contributed by atoms with Crippen LogP contribution in [0.15, 0.2) is 24.3 Å². The molecule has 1 fully saturated rings. The van der Waals surface area contributed by atoms with Crippen LogP contribution >= 0.6 is 11.3 Å². The lowest BCUT2D eigenvalue weighted by molar-refractivity contribution is -0.141. The highest BCUT2D eigenvalue weighted by molar-refractivity contribution is 7.91. The van der Waals surface area contributed by atoms with Gasteiger partial charge in [0.25, 0.3) is 5.91 Å². The molecule has 1 aliphatic heterocycles. The number of amides is 1. The number of ether oxygens (including phenoxy) is 1. The number of carbonyl (C=O) groups excluding carboxylic acids is 2. The summed E-state index contributed by atoms with van der Waals surface area (Å²) in [5.41, 5.74) is 0. The van der Waals surface area contributed by atoms with Crippen molar-refractivity contribution in [3.63, 3.8) is 0 Å². The highest BCUT2D eigenvalue weighted by Gasteiger charge is 2.36. The van der Waals surface area contributed by atoms with Crippen molar-refractivity contribution in [1.29, 1.82) is 0 Å². The first-order valence-corrected chi connectivity index (χ1v) is 11.2. The second-order valence-electron chi connectivity index (χ2n) is 6.52. The smallest absolute Gasteiger partial charge is 0.349 e. The SMILES string of the molecule is CCN(C(=O)[C@H](C)OC(=O)c1cc2cc(F)ccc2s1)[C@H]1CCS(=O)(=O)C1. The van der Waals surface area contributed by atoms with Gasteiger partial charge in [0.1, 0.15) is 10.7 Å². The van der Waals surface area contributed by atoms with Crippen LogP contribution in [0.5, 0.6) is 0 Å². The van der Waals surface area contributed by atoms with Crippen LogP contribution in [0.4, 0.5) is 4.39 Å². The van der Waals surface area contributed by atoms with E-state index in [1.54, 1.807) is 13.0 Å². The third kappa shape index (κ3) is 4.30. The fourth-order valence-electron chi connectivity index (χ4n) is 3.23. The zero-order chi connectivity index (χ0) is 19.8. The molecule has 1 aromatic carbocycles. The van der Waals surface area contributed by atoms with E-state index in [4.69, 9.17) is 4.74 Å². The van der Waals surface area contributed by atoms with Crippen molar-refractivity contribution in [2.24, 2.45) is 0 Å². The van der Waals surface area contributed by atoms with Crippen LogP contribution in [0.2, 0.25) is 0 Å². The summed E-state index contributed by atoms with van der Waals surface area (Å²) in [6.07, 6.45) is -0.646. The largest absolute Gasteiger partial charge is 0.448 e. The van der Waals surface area contributed by atoms with Crippen LogP contribution in [0.25, 0.3) is 10.1 Å². The molecular weight excluding hydrogens is 393 g/mol. The number of thiophene rings is 1. The molecule has 3 rings (SSSR count). The Kier molecular flexibility index (Phi) is 5.53. The molecule has 0 N–H and O–H groups in total. The van der Waals surface area contributed by atoms with Crippen LogP contribution in [0.3, 0.4) is 0 Å². The van der Waals surface area contributed by atoms with E-state index in [1.807, 2.05) is 0 Å². The minimum Gasteiger partial charge on any atom is -0.448 e. The number of hydrogen-bond acceptors (Lipinski definition) is 6. The van der Waals surface area contributed by atoms with Crippen molar-refractivity contribution < 1.29 is 27.1 Å². The molecule has 2 heterocycles. The average Bonchev–Trinajstić information content (AvgIpc) is 3.18.